The maximum atomic E-state index is 13.3. The molecule has 0 radical (unpaired) electrons. The Balaban J connectivity index is 1.41. The molecule has 7 nitrogen and oxygen atoms in total. The molecular weight excluding hydrogens is 420 g/mol. The lowest BCUT2D eigenvalue weighted by Gasteiger charge is -2.26. The van der Waals surface area contributed by atoms with Crippen LogP contribution in [0.5, 0.6) is 0 Å². The van der Waals surface area contributed by atoms with Crippen LogP contribution in [-0.4, -0.2) is 67.7 Å². The number of rotatable bonds is 5. The van der Waals surface area contributed by atoms with Crippen LogP contribution in [0.15, 0.2) is 41.6 Å². The van der Waals surface area contributed by atoms with E-state index in [1.807, 2.05) is 35.8 Å². The Morgan fingerprint density at radius 1 is 1.22 bits per heavy atom. The van der Waals surface area contributed by atoms with Crippen LogP contribution in [0.25, 0.3) is 17.2 Å². The SMILES string of the molecule is CCN(CC)C1CCN(C(=O)c2cnn(-c3ncc4c(n3)-c3ccccc3SC4)c2C)C1. The normalized spacial score (nSPS) is 17.5. The second-order valence-electron chi connectivity index (χ2n) is 8.30. The third-order valence-corrected chi connectivity index (χ3v) is 7.71. The highest BCUT2D eigenvalue weighted by atomic mass is 32.2. The quantitative estimate of drug-likeness (QED) is 0.592. The molecule has 1 saturated heterocycles. The number of aromatic nitrogens is 4. The minimum absolute atomic E-state index is 0.0445. The molecule has 2 aliphatic rings. The summed E-state index contributed by atoms with van der Waals surface area (Å²) in [6.07, 6.45) is 4.57. The first-order valence-corrected chi connectivity index (χ1v) is 12.3. The van der Waals surface area contributed by atoms with Crippen molar-refractivity contribution in [3.8, 4) is 17.2 Å². The van der Waals surface area contributed by atoms with Crippen molar-refractivity contribution in [2.24, 2.45) is 0 Å². The number of benzene rings is 1. The average Bonchev–Trinajstić information content (AvgIpc) is 3.46. The third-order valence-electron chi connectivity index (χ3n) is 6.59. The number of hydrogen-bond donors (Lipinski definition) is 0. The zero-order chi connectivity index (χ0) is 22.2. The van der Waals surface area contributed by atoms with Crippen LogP contribution in [0.2, 0.25) is 0 Å². The molecule has 0 spiro atoms. The van der Waals surface area contributed by atoms with Crippen LogP contribution < -0.4 is 0 Å². The second-order valence-corrected chi connectivity index (χ2v) is 9.32. The van der Waals surface area contributed by atoms with Gasteiger partial charge in [-0.2, -0.15) is 5.10 Å². The number of likely N-dealkylation sites (tertiary alicyclic amines) is 1. The summed E-state index contributed by atoms with van der Waals surface area (Å²) in [6, 6.07) is 8.75. The fourth-order valence-corrected chi connectivity index (χ4v) is 5.76. The van der Waals surface area contributed by atoms with Gasteiger partial charge in [0.05, 0.1) is 23.1 Å². The highest BCUT2D eigenvalue weighted by Crippen LogP contribution is 2.40. The molecule has 8 heteroatoms. The predicted molar refractivity (Wildman–Crippen MR) is 126 cm³/mol. The minimum atomic E-state index is 0.0445. The Morgan fingerprint density at radius 3 is 2.84 bits per heavy atom. The summed E-state index contributed by atoms with van der Waals surface area (Å²) in [4.78, 5) is 28.3. The van der Waals surface area contributed by atoms with Crippen LogP contribution >= 0.6 is 11.8 Å². The standard InChI is InChI=1S/C24H28N6OS/c1-4-28(5-2)18-10-11-29(14-18)23(31)20-13-26-30(16(20)3)24-25-12-17-15-32-21-9-7-6-8-19(21)22(17)27-24/h6-9,12-13,18H,4-5,10-11,14-15H2,1-3H3. The summed E-state index contributed by atoms with van der Waals surface area (Å²) in [6.45, 7) is 9.86. The number of likely N-dealkylation sites (N-methyl/N-ethyl adjacent to an activating group) is 1. The van der Waals surface area contributed by atoms with Crippen LogP contribution in [-0.2, 0) is 5.75 Å². The number of carbonyl (C=O) groups is 1. The number of thioether (sulfide) groups is 1. The van der Waals surface area contributed by atoms with Crippen molar-refractivity contribution in [2.75, 3.05) is 26.2 Å². The first-order valence-electron chi connectivity index (χ1n) is 11.3. The molecule has 2 aromatic heterocycles. The molecule has 166 valence electrons. The van der Waals surface area contributed by atoms with E-state index in [1.165, 1.54) is 4.90 Å². The maximum Gasteiger partial charge on any atom is 0.257 e. The molecule has 5 rings (SSSR count). The summed E-state index contributed by atoms with van der Waals surface area (Å²) in [5, 5.41) is 4.50. The van der Waals surface area contributed by atoms with E-state index >= 15 is 0 Å². The highest BCUT2D eigenvalue weighted by Gasteiger charge is 2.31. The van der Waals surface area contributed by atoms with Crippen LogP contribution in [0.4, 0.5) is 0 Å². The first-order chi connectivity index (χ1) is 15.6. The Hall–Kier alpha value is -2.71. The number of hydrogen-bond acceptors (Lipinski definition) is 6. The number of fused-ring (bicyclic) bond motifs is 3. The van der Waals surface area contributed by atoms with Crippen molar-refractivity contribution in [1.29, 1.82) is 0 Å². The monoisotopic (exact) mass is 448 g/mol. The van der Waals surface area contributed by atoms with Gasteiger partial charge >= 0.3 is 0 Å². The Morgan fingerprint density at radius 2 is 2.03 bits per heavy atom. The van der Waals surface area contributed by atoms with Crippen LogP contribution in [0, 0.1) is 6.92 Å². The van der Waals surface area contributed by atoms with Gasteiger partial charge in [-0.25, -0.2) is 14.6 Å². The van der Waals surface area contributed by atoms with E-state index in [0.717, 1.165) is 60.9 Å². The van der Waals surface area contributed by atoms with Crippen molar-refractivity contribution in [1.82, 2.24) is 29.5 Å². The molecule has 0 saturated carbocycles. The minimum Gasteiger partial charge on any atom is -0.337 e. The van der Waals surface area contributed by atoms with Gasteiger partial charge in [0.25, 0.3) is 11.9 Å². The lowest BCUT2D eigenvalue weighted by molar-refractivity contribution is 0.0777. The fraction of sp³-hybridized carbons (Fsp3) is 0.417. The molecule has 1 atom stereocenters. The fourth-order valence-electron chi connectivity index (χ4n) is 4.74. The molecule has 1 amide bonds. The van der Waals surface area contributed by atoms with Gasteiger partial charge in [-0.15, -0.1) is 11.8 Å². The molecule has 0 aliphatic carbocycles. The van der Waals surface area contributed by atoms with Gasteiger partial charge in [0.15, 0.2) is 0 Å². The Labute approximate surface area is 192 Å². The molecular formula is C24H28N6OS. The van der Waals surface area contributed by atoms with Crippen LogP contribution in [0.1, 0.15) is 41.9 Å². The van der Waals surface area contributed by atoms with Crippen molar-refractivity contribution >= 4 is 17.7 Å². The highest BCUT2D eigenvalue weighted by molar-refractivity contribution is 7.98. The molecule has 2 aliphatic heterocycles. The number of nitrogens with zero attached hydrogens (tertiary/aromatic N) is 6. The topological polar surface area (TPSA) is 67.2 Å². The summed E-state index contributed by atoms with van der Waals surface area (Å²) < 4.78 is 1.69. The number of amides is 1. The van der Waals surface area contributed by atoms with Gasteiger partial charge in [-0.1, -0.05) is 32.0 Å². The summed E-state index contributed by atoms with van der Waals surface area (Å²) in [5.74, 6) is 1.41. The number of carbonyl (C=O) groups excluding carboxylic acids is 1. The van der Waals surface area contributed by atoms with Crippen molar-refractivity contribution in [3.05, 3.63) is 53.5 Å². The van der Waals surface area contributed by atoms with Crippen LogP contribution in [0.3, 0.4) is 0 Å². The molecule has 1 fully saturated rings. The van der Waals surface area contributed by atoms with E-state index in [1.54, 1.807) is 10.9 Å². The van der Waals surface area contributed by atoms with E-state index < -0.39 is 0 Å². The largest absolute Gasteiger partial charge is 0.337 e. The maximum absolute atomic E-state index is 13.3. The molecule has 0 N–H and O–H groups in total. The van der Waals surface area contributed by atoms with Gasteiger partial charge in [0.1, 0.15) is 0 Å². The van der Waals surface area contributed by atoms with Gasteiger partial charge in [0, 0.05) is 47.1 Å². The van der Waals surface area contributed by atoms with Gasteiger partial charge in [-0.3, -0.25) is 9.69 Å². The van der Waals surface area contributed by atoms with E-state index in [9.17, 15) is 4.79 Å². The van der Waals surface area contributed by atoms with E-state index in [2.05, 4.69) is 47.0 Å². The zero-order valence-electron chi connectivity index (χ0n) is 18.8. The molecule has 1 unspecified atom stereocenters. The van der Waals surface area contributed by atoms with Crippen molar-refractivity contribution in [3.63, 3.8) is 0 Å². The van der Waals surface area contributed by atoms with E-state index in [-0.39, 0.29) is 5.91 Å². The first kappa shape index (κ1) is 21.2. The van der Waals surface area contributed by atoms with Gasteiger partial charge in [-0.05, 0) is 32.5 Å². The zero-order valence-corrected chi connectivity index (χ0v) is 19.6. The lowest BCUT2D eigenvalue weighted by Crippen LogP contribution is -2.38. The second kappa shape index (κ2) is 8.67. The summed E-state index contributed by atoms with van der Waals surface area (Å²) in [7, 11) is 0. The molecule has 4 heterocycles. The van der Waals surface area contributed by atoms with E-state index in [4.69, 9.17) is 4.98 Å². The smallest absolute Gasteiger partial charge is 0.257 e. The third kappa shape index (κ3) is 3.61. The Bertz CT molecular complexity index is 1160. The van der Waals surface area contributed by atoms with E-state index in [0.29, 0.717) is 17.6 Å². The van der Waals surface area contributed by atoms with Gasteiger partial charge < -0.3 is 4.90 Å². The summed E-state index contributed by atoms with van der Waals surface area (Å²) in [5.41, 5.74) is 4.61. The van der Waals surface area contributed by atoms with Gasteiger partial charge in [0.2, 0.25) is 0 Å². The molecule has 3 aromatic rings. The predicted octanol–water partition coefficient (Wildman–Crippen LogP) is 3.80. The average molecular weight is 449 g/mol. The molecule has 1 aromatic carbocycles. The summed E-state index contributed by atoms with van der Waals surface area (Å²) >= 11 is 1.81. The molecule has 32 heavy (non-hydrogen) atoms. The Kier molecular flexibility index (Phi) is 5.73. The van der Waals surface area contributed by atoms with Crippen molar-refractivity contribution in [2.45, 2.75) is 43.9 Å². The molecule has 0 bridgehead atoms. The lowest BCUT2D eigenvalue weighted by atomic mass is 10.1. The van der Waals surface area contributed by atoms with Crippen molar-refractivity contribution < 1.29 is 4.79 Å².